The number of hydrogen-bond acceptors (Lipinski definition) is 3. The van der Waals surface area contributed by atoms with E-state index in [-0.39, 0.29) is 12.8 Å². The Hall–Kier alpha value is -2.49. The second-order valence-corrected chi connectivity index (χ2v) is 4.42. The summed E-state index contributed by atoms with van der Waals surface area (Å²) in [6.07, 6.45) is 0.458. The first kappa shape index (κ1) is 17.6. The molecule has 4 nitrogen and oxygen atoms in total. The molecular formula is C15H14F3NO3. The first-order valence-corrected chi connectivity index (χ1v) is 6.24. The minimum absolute atomic E-state index is 0.0363. The number of benzene rings is 1. The Bertz CT molecular complexity index is 573. The average molecular weight is 313 g/mol. The number of rotatable bonds is 5. The smallest absolute Gasteiger partial charge is 0.416 e. The van der Waals surface area contributed by atoms with Crippen LogP contribution >= 0.6 is 0 Å². The van der Waals surface area contributed by atoms with Gasteiger partial charge in [0, 0.05) is 6.42 Å². The molecule has 1 aromatic rings. The van der Waals surface area contributed by atoms with Crippen LogP contribution < -0.4 is 5.32 Å². The molecule has 1 aromatic carbocycles. The van der Waals surface area contributed by atoms with Crippen LogP contribution in [0, 0.1) is 12.3 Å². The van der Waals surface area contributed by atoms with Crippen LogP contribution in [0.1, 0.15) is 17.5 Å². The summed E-state index contributed by atoms with van der Waals surface area (Å²) >= 11 is 0. The second-order valence-electron chi connectivity index (χ2n) is 4.42. The highest BCUT2D eigenvalue weighted by molar-refractivity contribution is 5.85. The zero-order valence-electron chi connectivity index (χ0n) is 11.7. The molecule has 0 heterocycles. The molecule has 0 saturated carbocycles. The van der Waals surface area contributed by atoms with Crippen LogP contribution in [0.15, 0.2) is 24.3 Å². The normalized spacial score (nSPS) is 12.1. The molecular weight excluding hydrogens is 299 g/mol. The van der Waals surface area contributed by atoms with E-state index in [4.69, 9.17) is 6.42 Å². The Morgan fingerprint density at radius 3 is 2.36 bits per heavy atom. The van der Waals surface area contributed by atoms with Gasteiger partial charge in [-0.2, -0.15) is 13.2 Å². The molecule has 0 aliphatic rings. The van der Waals surface area contributed by atoms with E-state index in [0.717, 1.165) is 19.2 Å². The van der Waals surface area contributed by atoms with Gasteiger partial charge in [0.25, 0.3) is 0 Å². The van der Waals surface area contributed by atoms with Crippen LogP contribution in [0.4, 0.5) is 13.2 Å². The van der Waals surface area contributed by atoms with E-state index in [0.29, 0.717) is 5.56 Å². The zero-order valence-corrected chi connectivity index (χ0v) is 11.7. The number of halogens is 3. The third-order valence-corrected chi connectivity index (χ3v) is 2.79. The van der Waals surface area contributed by atoms with Gasteiger partial charge in [-0.25, -0.2) is 4.79 Å². The Morgan fingerprint density at radius 2 is 1.91 bits per heavy atom. The van der Waals surface area contributed by atoms with E-state index in [1.165, 1.54) is 12.1 Å². The average Bonchev–Trinajstić information content (AvgIpc) is 2.45. The quantitative estimate of drug-likeness (QED) is 0.667. The van der Waals surface area contributed by atoms with Crippen LogP contribution in [-0.4, -0.2) is 25.0 Å². The number of amides is 1. The topological polar surface area (TPSA) is 55.4 Å². The number of esters is 1. The van der Waals surface area contributed by atoms with Crippen LogP contribution in [0.5, 0.6) is 0 Å². The molecule has 0 aliphatic heterocycles. The van der Waals surface area contributed by atoms with Crippen molar-refractivity contribution in [2.24, 2.45) is 0 Å². The van der Waals surface area contributed by atoms with Crippen molar-refractivity contribution in [1.29, 1.82) is 0 Å². The predicted octanol–water partition coefficient (Wildman–Crippen LogP) is 1.93. The van der Waals surface area contributed by atoms with Gasteiger partial charge < -0.3 is 10.1 Å². The van der Waals surface area contributed by atoms with Crippen molar-refractivity contribution in [3.8, 4) is 12.3 Å². The largest absolute Gasteiger partial charge is 0.467 e. The number of hydrogen-bond donors (Lipinski definition) is 1. The van der Waals surface area contributed by atoms with Crippen molar-refractivity contribution in [2.45, 2.75) is 25.1 Å². The van der Waals surface area contributed by atoms with Crippen LogP contribution in [-0.2, 0) is 26.9 Å². The standard InChI is InChI=1S/C15H14F3NO3/c1-3-4-12(14(21)22-2)19-13(20)9-10-5-7-11(8-6-10)15(16,17)18/h1,5-8,12H,4,9H2,2H3,(H,19,20)/t12-/m0/s1. The summed E-state index contributed by atoms with van der Waals surface area (Å²) in [5.74, 6) is 1.02. The fourth-order valence-corrected chi connectivity index (χ4v) is 1.70. The number of nitrogens with one attached hydrogen (secondary N) is 1. The zero-order chi connectivity index (χ0) is 16.8. The van der Waals surface area contributed by atoms with Gasteiger partial charge in [-0.05, 0) is 17.7 Å². The Balaban J connectivity index is 2.68. The SMILES string of the molecule is C#CC[C@H](NC(=O)Cc1ccc(C(F)(F)F)cc1)C(=O)OC. The number of ether oxygens (including phenoxy) is 1. The second kappa shape index (κ2) is 7.50. The van der Waals surface area contributed by atoms with E-state index in [1.54, 1.807) is 0 Å². The number of carbonyl (C=O) groups excluding carboxylic acids is 2. The molecule has 0 radical (unpaired) electrons. The molecule has 22 heavy (non-hydrogen) atoms. The number of methoxy groups -OCH3 is 1. The summed E-state index contributed by atoms with van der Waals surface area (Å²) in [4.78, 5) is 23.2. The van der Waals surface area contributed by atoms with Gasteiger partial charge in [0.2, 0.25) is 5.91 Å². The monoisotopic (exact) mass is 313 g/mol. The lowest BCUT2D eigenvalue weighted by molar-refractivity contribution is -0.144. The van der Waals surface area contributed by atoms with Crippen molar-refractivity contribution in [2.75, 3.05) is 7.11 Å². The molecule has 0 fully saturated rings. The number of carbonyl (C=O) groups is 2. The molecule has 7 heteroatoms. The maximum atomic E-state index is 12.4. The first-order chi connectivity index (χ1) is 10.3. The van der Waals surface area contributed by atoms with Gasteiger partial charge in [0.1, 0.15) is 6.04 Å². The third kappa shape index (κ3) is 5.13. The summed E-state index contributed by atoms with van der Waals surface area (Å²) in [7, 11) is 1.16. The Morgan fingerprint density at radius 1 is 1.32 bits per heavy atom. The predicted molar refractivity (Wildman–Crippen MR) is 72.5 cm³/mol. The molecule has 1 amide bonds. The molecule has 0 spiro atoms. The summed E-state index contributed by atoms with van der Waals surface area (Å²) < 4.78 is 41.7. The Kier molecular flexibility index (Phi) is 5.99. The minimum atomic E-state index is -4.43. The van der Waals surface area contributed by atoms with Crippen molar-refractivity contribution in [1.82, 2.24) is 5.32 Å². The van der Waals surface area contributed by atoms with E-state index in [9.17, 15) is 22.8 Å². The van der Waals surface area contributed by atoms with E-state index >= 15 is 0 Å². The number of terminal acetylenes is 1. The fraction of sp³-hybridized carbons (Fsp3) is 0.333. The van der Waals surface area contributed by atoms with E-state index < -0.39 is 29.7 Å². The van der Waals surface area contributed by atoms with Gasteiger partial charge in [0.15, 0.2) is 0 Å². The maximum Gasteiger partial charge on any atom is 0.416 e. The molecule has 118 valence electrons. The molecule has 1 atom stereocenters. The van der Waals surface area contributed by atoms with Gasteiger partial charge in [0.05, 0.1) is 19.1 Å². The number of alkyl halides is 3. The lowest BCUT2D eigenvalue weighted by Gasteiger charge is -2.14. The highest BCUT2D eigenvalue weighted by Crippen LogP contribution is 2.29. The molecule has 1 rings (SSSR count). The Labute approximate surface area is 125 Å². The van der Waals surface area contributed by atoms with E-state index in [2.05, 4.69) is 16.0 Å². The molecule has 0 unspecified atom stereocenters. The van der Waals surface area contributed by atoms with Gasteiger partial charge in [-0.15, -0.1) is 12.3 Å². The lowest BCUT2D eigenvalue weighted by atomic mass is 10.1. The highest BCUT2D eigenvalue weighted by Gasteiger charge is 2.30. The van der Waals surface area contributed by atoms with E-state index in [1.807, 2.05) is 0 Å². The maximum absolute atomic E-state index is 12.4. The van der Waals surface area contributed by atoms with Crippen LogP contribution in [0.3, 0.4) is 0 Å². The summed E-state index contributed by atoms with van der Waals surface area (Å²) in [5, 5.41) is 2.38. The van der Waals surface area contributed by atoms with Gasteiger partial charge >= 0.3 is 12.1 Å². The molecule has 0 aliphatic carbocycles. The van der Waals surface area contributed by atoms with Crippen LogP contribution in [0.25, 0.3) is 0 Å². The van der Waals surface area contributed by atoms with Gasteiger partial charge in [-0.1, -0.05) is 12.1 Å². The van der Waals surface area contributed by atoms with Crippen molar-refractivity contribution >= 4 is 11.9 Å². The summed E-state index contributed by atoms with van der Waals surface area (Å²) in [6, 6.07) is 3.22. The summed E-state index contributed by atoms with van der Waals surface area (Å²) in [5.41, 5.74) is -0.411. The van der Waals surface area contributed by atoms with Crippen molar-refractivity contribution in [3.63, 3.8) is 0 Å². The minimum Gasteiger partial charge on any atom is -0.467 e. The molecule has 0 aromatic heterocycles. The first-order valence-electron chi connectivity index (χ1n) is 6.24. The summed E-state index contributed by atoms with van der Waals surface area (Å²) in [6.45, 7) is 0. The van der Waals surface area contributed by atoms with Crippen molar-refractivity contribution in [3.05, 3.63) is 35.4 Å². The third-order valence-electron chi connectivity index (χ3n) is 2.79. The van der Waals surface area contributed by atoms with Crippen LogP contribution in [0.2, 0.25) is 0 Å². The fourth-order valence-electron chi connectivity index (χ4n) is 1.70. The molecule has 0 bridgehead atoms. The molecule has 0 saturated heterocycles. The highest BCUT2D eigenvalue weighted by atomic mass is 19.4. The van der Waals surface area contributed by atoms with Crippen molar-refractivity contribution < 1.29 is 27.5 Å². The van der Waals surface area contributed by atoms with Gasteiger partial charge in [-0.3, -0.25) is 4.79 Å². The lowest BCUT2D eigenvalue weighted by Crippen LogP contribution is -2.41. The molecule has 1 N–H and O–H groups in total.